The van der Waals surface area contributed by atoms with E-state index in [2.05, 4.69) is 44.4 Å². The Bertz CT molecular complexity index is 709. The zero-order valence-corrected chi connectivity index (χ0v) is 18.7. The van der Waals surface area contributed by atoms with Gasteiger partial charge in [-0.25, -0.2) is 10.9 Å². The van der Waals surface area contributed by atoms with Crippen molar-refractivity contribution in [1.29, 1.82) is 0 Å². The van der Waals surface area contributed by atoms with E-state index in [1.807, 2.05) is 24.3 Å². The van der Waals surface area contributed by atoms with Crippen LogP contribution >= 0.6 is 0 Å². The van der Waals surface area contributed by atoms with Gasteiger partial charge < -0.3 is 21.3 Å². The fraction of sp³-hybridized carbons (Fsp3) is 0.696. The first kappa shape index (κ1) is 22.5. The molecule has 3 aliphatic heterocycles. The maximum Gasteiger partial charge on any atom is 0.251 e. The molecule has 1 aromatic carbocycles. The van der Waals surface area contributed by atoms with E-state index in [4.69, 9.17) is 0 Å². The second-order valence-electron chi connectivity index (χ2n) is 9.17. The summed E-state index contributed by atoms with van der Waals surface area (Å²) in [6.45, 7) is 8.04. The van der Waals surface area contributed by atoms with Crippen LogP contribution in [-0.4, -0.2) is 57.5 Å². The van der Waals surface area contributed by atoms with Crippen LogP contribution in [0.3, 0.4) is 0 Å². The van der Waals surface area contributed by atoms with Crippen molar-refractivity contribution in [2.75, 3.05) is 44.6 Å². The van der Waals surface area contributed by atoms with E-state index in [-0.39, 0.29) is 12.1 Å². The van der Waals surface area contributed by atoms with Crippen LogP contribution in [0.1, 0.15) is 43.0 Å². The number of hydrogen-bond donors (Lipinski definition) is 7. The lowest BCUT2D eigenvalue weighted by Gasteiger charge is -2.31. The van der Waals surface area contributed by atoms with Crippen molar-refractivity contribution in [3.63, 3.8) is 0 Å². The van der Waals surface area contributed by atoms with E-state index in [1.54, 1.807) is 0 Å². The molecule has 3 saturated heterocycles. The Kier molecular flexibility index (Phi) is 8.15. The molecule has 0 aliphatic carbocycles. The Morgan fingerprint density at radius 3 is 2.71 bits per heavy atom. The van der Waals surface area contributed by atoms with Gasteiger partial charge in [-0.15, -0.1) is 0 Å². The molecule has 8 heteroatoms. The third-order valence-corrected chi connectivity index (χ3v) is 7.10. The van der Waals surface area contributed by atoms with Crippen LogP contribution in [-0.2, 0) is 0 Å². The van der Waals surface area contributed by atoms with Crippen LogP contribution in [0.2, 0.25) is 0 Å². The summed E-state index contributed by atoms with van der Waals surface area (Å²) in [7, 11) is 0. The molecule has 4 rings (SSSR count). The third kappa shape index (κ3) is 6.17. The van der Waals surface area contributed by atoms with Crippen molar-refractivity contribution >= 4 is 11.6 Å². The average molecular weight is 430 g/mol. The zero-order chi connectivity index (χ0) is 21.5. The van der Waals surface area contributed by atoms with Crippen LogP contribution in [0.15, 0.2) is 24.3 Å². The minimum absolute atomic E-state index is 0.0155. The molecule has 3 fully saturated rings. The molecule has 0 bridgehead atoms. The van der Waals surface area contributed by atoms with Gasteiger partial charge in [-0.1, -0.05) is 19.4 Å². The molecule has 31 heavy (non-hydrogen) atoms. The van der Waals surface area contributed by atoms with Gasteiger partial charge in [0.25, 0.3) is 5.91 Å². The molecular formula is C23H39N7O. The van der Waals surface area contributed by atoms with Gasteiger partial charge in [0.15, 0.2) is 0 Å². The predicted octanol–water partition coefficient (Wildman–Crippen LogP) is 0.813. The smallest absolute Gasteiger partial charge is 0.251 e. The first-order valence-electron chi connectivity index (χ1n) is 12.0. The third-order valence-electron chi connectivity index (χ3n) is 7.10. The molecule has 172 valence electrons. The summed E-state index contributed by atoms with van der Waals surface area (Å²) < 4.78 is 0. The van der Waals surface area contributed by atoms with Crippen molar-refractivity contribution < 1.29 is 4.79 Å². The Labute approximate surface area is 186 Å². The number of hydrazine groups is 1. The lowest BCUT2D eigenvalue weighted by molar-refractivity contribution is 0.0935. The Balaban J connectivity index is 1.23. The van der Waals surface area contributed by atoms with Crippen molar-refractivity contribution in [3.8, 4) is 0 Å². The molecule has 3 heterocycles. The number of carbonyl (C=O) groups excluding carboxylic acids is 1. The van der Waals surface area contributed by atoms with Gasteiger partial charge in [0.1, 0.15) is 0 Å². The Morgan fingerprint density at radius 2 is 1.87 bits per heavy atom. The maximum atomic E-state index is 12.7. The highest BCUT2D eigenvalue weighted by Crippen LogP contribution is 2.21. The number of benzene rings is 1. The fourth-order valence-corrected chi connectivity index (χ4v) is 5.07. The van der Waals surface area contributed by atoms with Gasteiger partial charge in [0.2, 0.25) is 0 Å². The van der Waals surface area contributed by atoms with Gasteiger partial charge >= 0.3 is 0 Å². The molecule has 4 atom stereocenters. The van der Waals surface area contributed by atoms with Gasteiger partial charge in [-0.05, 0) is 81.4 Å². The topological polar surface area (TPSA) is 101 Å². The highest BCUT2D eigenvalue weighted by molar-refractivity contribution is 5.95. The number of nitrogens with one attached hydrogen (secondary N) is 7. The largest absolute Gasteiger partial charge is 0.382 e. The summed E-state index contributed by atoms with van der Waals surface area (Å²) in [6, 6.07) is 7.80. The van der Waals surface area contributed by atoms with E-state index in [9.17, 15) is 4.79 Å². The maximum absolute atomic E-state index is 12.7. The number of piperidine rings is 2. The standard InChI is InChI=1S/C23H39N7O/c1-2-16-13-25-11-8-19(16)14-27-23(31)18-4-3-5-20(12-18)26-15-21-28-22(30-29-21)17-6-9-24-10-7-17/h3-5,12,16-17,19,21-22,24-26,28-30H,2,6-11,13-15H2,1H3,(H,27,31). The molecule has 8 nitrogen and oxygen atoms in total. The summed E-state index contributed by atoms with van der Waals surface area (Å²) in [6.07, 6.45) is 5.15. The van der Waals surface area contributed by atoms with Crippen LogP contribution < -0.4 is 37.4 Å². The normalized spacial score (nSPS) is 29.6. The van der Waals surface area contributed by atoms with Crippen LogP contribution in [0, 0.1) is 17.8 Å². The minimum atomic E-state index is 0.0155. The molecule has 3 aliphatic rings. The van der Waals surface area contributed by atoms with E-state index in [0.717, 1.165) is 57.8 Å². The first-order valence-corrected chi connectivity index (χ1v) is 12.0. The summed E-state index contributed by atoms with van der Waals surface area (Å²) >= 11 is 0. The molecule has 0 spiro atoms. The van der Waals surface area contributed by atoms with Crippen molar-refractivity contribution in [2.45, 2.75) is 44.9 Å². The van der Waals surface area contributed by atoms with E-state index < -0.39 is 0 Å². The number of hydrogen-bond acceptors (Lipinski definition) is 7. The highest BCUT2D eigenvalue weighted by Gasteiger charge is 2.30. The average Bonchev–Trinajstić information content (AvgIpc) is 3.31. The van der Waals surface area contributed by atoms with E-state index in [1.165, 1.54) is 12.8 Å². The molecule has 1 amide bonds. The summed E-state index contributed by atoms with van der Waals surface area (Å²) in [5.74, 6) is 1.88. The first-order chi connectivity index (χ1) is 15.2. The number of anilines is 1. The molecular weight excluding hydrogens is 390 g/mol. The van der Waals surface area contributed by atoms with E-state index >= 15 is 0 Å². The van der Waals surface area contributed by atoms with Gasteiger partial charge in [0.05, 0.1) is 12.3 Å². The monoisotopic (exact) mass is 429 g/mol. The molecule has 4 unspecified atom stereocenters. The van der Waals surface area contributed by atoms with Crippen molar-refractivity contribution in [2.24, 2.45) is 17.8 Å². The second kappa shape index (κ2) is 11.2. The molecule has 7 N–H and O–H groups in total. The number of carbonyl (C=O) groups is 1. The quantitative estimate of drug-likeness (QED) is 0.328. The van der Waals surface area contributed by atoms with Crippen molar-refractivity contribution in [3.05, 3.63) is 29.8 Å². The van der Waals surface area contributed by atoms with Crippen LogP contribution in [0.4, 0.5) is 5.69 Å². The fourth-order valence-electron chi connectivity index (χ4n) is 5.07. The summed E-state index contributed by atoms with van der Waals surface area (Å²) in [4.78, 5) is 12.7. The molecule has 0 radical (unpaired) electrons. The van der Waals surface area contributed by atoms with Gasteiger partial charge in [-0.2, -0.15) is 0 Å². The van der Waals surface area contributed by atoms with E-state index in [0.29, 0.717) is 29.5 Å². The number of amides is 1. The predicted molar refractivity (Wildman–Crippen MR) is 125 cm³/mol. The number of rotatable bonds is 8. The second-order valence-corrected chi connectivity index (χ2v) is 9.17. The SMILES string of the molecule is CCC1CNCCC1CNC(=O)c1cccc(NCC2NNC(C3CCNCC3)N2)c1. The highest BCUT2D eigenvalue weighted by atomic mass is 16.1. The zero-order valence-electron chi connectivity index (χ0n) is 18.7. The Hall–Kier alpha value is -1.71. The van der Waals surface area contributed by atoms with Crippen LogP contribution in [0.5, 0.6) is 0 Å². The van der Waals surface area contributed by atoms with Crippen molar-refractivity contribution in [1.82, 2.24) is 32.1 Å². The molecule has 1 aromatic rings. The summed E-state index contributed by atoms with van der Waals surface area (Å²) in [5, 5.41) is 17.1. The minimum Gasteiger partial charge on any atom is -0.382 e. The van der Waals surface area contributed by atoms with Gasteiger partial charge in [0, 0.05) is 24.3 Å². The molecule has 0 aromatic heterocycles. The Morgan fingerprint density at radius 1 is 1.03 bits per heavy atom. The van der Waals surface area contributed by atoms with Crippen LogP contribution in [0.25, 0.3) is 0 Å². The lowest BCUT2D eigenvalue weighted by Crippen LogP contribution is -2.45. The van der Waals surface area contributed by atoms with Gasteiger partial charge in [-0.3, -0.25) is 10.1 Å². The lowest BCUT2D eigenvalue weighted by atomic mass is 9.84. The summed E-state index contributed by atoms with van der Waals surface area (Å²) in [5.41, 5.74) is 8.43. The molecule has 0 saturated carbocycles.